The number of para-hydroxylation sites is 1. The highest BCUT2D eigenvalue weighted by atomic mass is 15.2. The van der Waals surface area contributed by atoms with E-state index in [-0.39, 0.29) is 6.04 Å². The third-order valence-electron chi connectivity index (χ3n) is 3.79. The second-order valence-electron chi connectivity index (χ2n) is 5.03. The van der Waals surface area contributed by atoms with Crippen LogP contribution in [0.1, 0.15) is 17.2 Å². The zero-order valence-corrected chi connectivity index (χ0v) is 11.3. The fourth-order valence-corrected chi connectivity index (χ4v) is 2.74. The summed E-state index contributed by atoms with van der Waals surface area (Å²) in [6.07, 6.45) is 5.56. The Balaban J connectivity index is 1.92. The van der Waals surface area contributed by atoms with E-state index in [0.717, 1.165) is 27.5 Å². The largest absolute Gasteiger partial charge is 0.320 e. The van der Waals surface area contributed by atoms with Gasteiger partial charge in [0, 0.05) is 23.3 Å². The maximum absolute atomic E-state index is 6.50. The Morgan fingerprint density at radius 3 is 2.81 bits per heavy atom. The van der Waals surface area contributed by atoms with Gasteiger partial charge in [0.2, 0.25) is 0 Å². The van der Waals surface area contributed by atoms with Crippen LogP contribution in [0.2, 0.25) is 0 Å². The first-order valence-corrected chi connectivity index (χ1v) is 6.86. The molecule has 4 rings (SSSR count). The zero-order valence-electron chi connectivity index (χ0n) is 11.3. The van der Waals surface area contributed by atoms with E-state index in [0.29, 0.717) is 0 Å². The number of hydrogen-bond donors (Lipinski definition) is 1. The summed E-state index contributed by atoms with van der Waals surface area (Å²) in [5.74, 6) is 0. The molecule has 1 unspecified atom stereocenters. The lowest BCUT2D eigenvalue weighted by molar-refractivity contribution is 0.886. The van der Waals surface area contributed by atoms with Crippen LogP contribution in [0.25, 0.3) is 16.4 Å². The summed E-state index contributed by atoms with van der Waals surface area (Å²) in [4.78, 5) is 4.48. The van der Waals surface area contributed by atoms with Crippen molar-refractivity contribution >= 4 is 16.4 Å². The van der Waals surface area contributed by atoms with E-state index in [1.54, 1.807) is 6.20 Å². The maximum atomic E-state index is 6.50. The lowest BCUT2D eigenvalue weighted by Crippen LogP contribution is -2.12. The molecule has 21 heavy (non-hydrogen) atoms. The maximum Gasteiger partial charge on any atom is 0.0753 e. The van der Waals surface area contributed by atoms with Gasteiger partial charge in [0.25, 0.3) is 0 Å². The van der Waals surface area contributed by atoms with Crippen LogP contribution in [0, 0.1) is 0 Å². The van der Waals surface area contributed by atoms with Crippen molar-refractivity contribution in [1.29, 1.82) is 0 Å². The van der Waals surface area contributed by atoms with Gasteiger partial charge in [-0.25, -0.2) is 4.52 Å². The van der Waals surface area contributed by atoms with Crippen LogP contribution in [0.3, 0.4) is 0 Å². The number of aromatic nitrogens is 3. The summed E-state index contributed by atoms with van der Waals surface area (Å²) in [7, 11) is 0. The van der Waals surface area contributed by atoms with Gasteiger partial charge in [-0.3, -0.25) is 4.98 Å². The first-order valence-electron chi connectivity index (χ1n) is 6.86. The number of nitrogens with two attached hydrogens (primary N) is 1. The Kier molecular flexibility index (Phi) is 2.69. The van der Waals surface area contributed by atoms with E-state index in [1.807, 2.05) is 53.3 Å². The zero-order chi connectivity index (χ0) is 14.2. The van der Waals surface area contributed by atoms with Crippen molar-refractivity contribution < 1.29 is 0 Å². The molecule has 0 aliphatic heterocycles. The molecule has 1 aromatic carbocycles. The second kappa shape index (κ2) is 4.68. The van der Waals surface area contributed by atoms with Crippen molar-refractivity contribution in [3.8, 4) is 0 Å². The summed E-state index contributed by atoms with van der Waals surface area (Å²) in [6, 6.07) is 15.8. The SMILES string of the molecule is NC(c1cccc2cccnc12)c1cnn2ccccc12. The molecule has 2 N–H and O–H groups in total. The molecule has 0 aliphatic rings. The number of rotatable bonds is 2. The van der Waals surface area contributed by atoms with E-state index in [2.05, 4.69) is 22.2 Å². The van der Waals surface area contributed by atoms with Crippen LogP contribution < -0.4 is 5.73 Å². The third kappa shape index (κ3) is 1.88. The van der Waals surface area contributed by atoms with Crippen molar-refractivity contribution in [3.05, 3.63) is 78.2 Å². The monoisotopic (exact) mass is 274 g/mol. The van der Waals surface area contributed by atoms with Gasteiger partial charge in [-0.2, -0.15) is 5.10 Å². The minimum atomic E-state index is -0.247. The van der Waals surface area contributed by atoms with Gasteiger partial charge in [0.15, 0.2) is 0 Å². The fourth-order valence-electron chi connectivity index (χ4n) is 2.74. The molecule has 0 bridgehead atoms. The highest BCUT2D eigenvalue weighted by Crippen LogP contribution is 2.28. The van der Waals surface area contributed by atoms with E-state index < -0.39 is 0 Å². The first-order chi connectivity index (χ1) is 10.3. The van der Waals surface area contributed by atoms with Crippen LogP contribution in [-0.2, 0) is 0 Å². The summed E-state index contributed by atoms with van der Waals surface area (Å²) < 4.78 is 1.84. The smallest absolute Gasteiger partial charge is 0.0753 e. The fraction of sp³-hybridized carbons (Fsp3) is 0.0588. The van der Waals surface area contributed by atoms with Crippen molar-refractivity contribution in [1.82, 2.24) is 14.6 Å². The quantitative estimate of drug-likeness (QED) is 0.611. The molecule has 0 spiro atoms. The number of pyridine rings is 2. The molecule has 102 valence electrons. The molecule has 0 aliphatic carbocycles. The van der Waals surface area contributed by atoms with E-state index in [1.165, 1.54) is 0 Å². The van der Waals surface area contributed by atoms with Crippen LogP contribution in [0.5, 0.6) is 0 Å². The van der Waals surface area contributed by atoms with Crippen molar-refractivity contribution in [3.63, 3.8) is 0 Å². The average Bonchev–Trinajstić information content (AvgIpc) is 2.98. The summed E-state index contributed by atoms with van der Waals surface area (Å²) in [6.45, 7) is 0. The Morgan fingerprint density at radius 1 is 0.952 bits per heavy atom. The Labute approximate surface area is 121 Å². The molecule has 4 nitrogen and oxygen atoms in total. The number of fused-ring (bicyclic) bond motifs is 2. The molecule has 0 saturated heterocycles. The standard InChI is InChI=1S/C17H14N4/c18-16(14-11-20-21-10-2-1-8-15(14)21)13-7-3-5-12-6-4-9-19-17(12)13/h1-11,16H,18H2. The molecule has 1 atom stereocenters. The lowest BCUT2D eigenvalue weighted by Gasteiger charge is -2.13. The molecule has 0 saturated carbocycles. The van der Waals surface area contributed by atoms with E-state index >= 15 is 0 Å². The van der Waals surface area contributed by atoms with Crippen molar-refractivity contribution in [2.75, 3.05) is 0 Å². The Hall–Kier alpha value is -2.72. The lowest BCUT2D eigenvalue weighted by atomic mass is 9.98. The van der Waals surface area contributed by atoms with E-state index in [9.17, 15) is 0 Å². The molecule has 4 heteroatoms. The summed E-state index contributed by atoms with van der Waals surface area (Å²) >= 11 is 0. The van der Waals surface area contributed by atoms with Gasteiger partial charge < -0.3 is 5.73 Å². The van der Waals surface area contributed by atoms with Gasteiger partial charge in [0.1, 0.15) is 0 Å². The van der Waals surface area contributed by atoms with Crippen molar-refractivity contribution in [2.45, 2.75) is 6.04 Å². The molecular weight excluding hydrogens is 260 g/mol. The first kappa shape index (κ1) is 12.1. The van der Waals surface area contributed by atoms with Gasteiger partial charge >= 0.3 is 0 Å². The average molecular weight is 274 g/mol. The second-order valence-corrected chi connectivity index (χ2v) is 5.03. The van der Waals surface area contributed by atoms with Crippen LogP contribution >= 0.6 is 0 Å². The highest BCUT2D eigenvalue weighted by molar-refractivity contribution is 5.82. The van der Waals surface area contributed by atoms with Crippen LogP contribution in [0.15, 0.2) is 67.1 Å². The predicted octanol–water partition coefficient (Wildman–Crippen LogP) is 2.93. The third-order valence-corrected chi connectivity index (χ3v) is 3.79. The molecule has 3 aromatic heterocycles. The minimum absolute atomic E-state index is 0.247. The Bertz CT molecular complexity index is 921. The summed E-state index contributed by atoms with van der Waals surface area (Å²) in [5.41, 5.74) is 10.5. The van der Waals surface area contributed by atoms with Crippen LogP contribution in [0.4, 0.5) is 0 Å². The number of nitrogens with zero attached hydrogens (tertiary/aromatic N) is 3. The summed E-state index contributed by atoms with van der Waals surface area (Å²) in [5, 5.41) is 5.46. The molecule has 0 fully saturated rings. The van der Waals surface area contributed by atoms with E-state index in [4.69, 9.17) is 5.73 Å². The van der Waals surface area contributed by atoms with Crippen molar-refractivity contribution in [2.24, 2.45) is 5.73 Å². The predicted molar refractivity (Wildman–Crippen MR) is 83.0 cm³/mol. The minimum Gasteiger partial charge on any atom is -0.320 e. The number of benzene rings is 1. The molecule has 3 heterocycles. The van der Waals surface area contributed by atoms with Gasteiger partial charge in [-0.05, 0) is 23.8 Å². The topological polar surface area (TPSA) is 56.2 Å². The van der Waals surface area contributed by atoms with Gasteiger partial charge in [0.05, 0.1) is 23.3 Å². The van der Waals surface area contributed by atoms with Gasteiger partial charge in [-0.15, -0.1) is 0 Å². The van der Waals surface area contributed by atoms with Crippen LogP contribution in [-0.4, -0.2) is 14.6 Å². The highest BCUT2D eigenvalue weighted by Gasteiger charge is 2.16. The van der Waals surface area contributed by atoms with Gasteiger partial charge in [-0.1, -0.05) is 30.3 Å². The normalized spacial score (nSPS) is 12.8. The molecule has 4 aromatic rings. The Morgan fingerprint density at radius 2 is 1.86 bits per heavy atom. The number of hydrogen-bond acceptors (Lipinski definition) is 3. The molecule has 0 radical (unpaired) electrons. The molecule has 0 amide bonds. The molecular formula is C17H14N4.